The zero-order chi connectivity index (χ0) is 13.9. The average Bonchev–Trinajstić information content (AvgIpc) is 2.84. The highest BCUT2D eigenvalue weighted by atomic mass is 19.1. The number of methoxy groups -OCH3 is 1. The molecule has 0 bridgehead atoms. The van der Waals surface area contributed by atoms with Crippen LogP contribution in [0.4, 0.5) is 4.39 Å². The molecule has 0 radical (unpaired) electrons. The maximum atomic E-state index is 13.9. The normalized spacial score (nSPS) is 22.3. The predicted octanol–water partition coefficient (Wildman–Crippen LogP) is 2.56. The van der Waals surface area contributed by atoms with Crippen LogP contribution in [0.3, 0.4) is 0 Å². The maximum Gasteiger partial charge on any atom is 0.341 e. The molecule has 1 aromatic rings. The van der Waals surface area contributed by atoms with Crippen LogP contribution in [0.5, 0.6) is 5.75 Å². The van der Waals surface area contributed by atoms with Crippen molar-refractivity contribution in [2.24, 2.45) is 0 Å². The molecular formula is C14H17FO4. The lowest BCUT2D eigenvalue weighted by atomic mass is 10.0. The second-order valence-electron chi connectivity index (χ2n) is 4.80. The molecule has 0 N–H and O–H groups in total. The molecule has 1 aliphatic heterocycles. The third kappa shape index (κ3) is 3.04. The molecule has 1 fully saturated rings. The lowest BCUT2D eigenvalue weighted by Crippen LogP contribution is -2.31. The molecule has 0 spiro atoms. The van der Waals surface area contributed by atoms with E-state index in [9.17, 15) is 9.18 Å². The second-order valence-corrected chi connectivity index (χ2v) is 4.80. The van der Waals surface area contributed by atoms with E-state index in [0.717, 1.165) is 12.8 Å². The molecule has 0 saturated carbocycles. The lowest BCUT2D eigenvalue weighted by molar-refractivity contribution is -0.0380. The number of carbonyl (C=O) groups excluding carboxylic acids is 1. The first-order valence-electron chi connectivity index (χ1n) is 6.19. The Morgan fingerprint density at radius 1 is 1.53 bits per heavy atom. The van der Waals surface area contributed by atoms with Crippen molar-refractivity contribution in [1.82, 2.24) is 0 Å². The van der Waals surface area contributed by atoms with Gasteiger partial charge in [-0.25, -0.2) is 9.18 Å². The van der Waals surface area contributed by atoms with Crippen LogP contribution < -0.4 is 4.74 Å². The SMILES string of the molecule is COc1cccc(C(=O)OC[C@]2(C)CCCO2)c1F. The molecule has 0 unspecified atom stereocenters. The van der Waals surface area contributed by atoms with Gasteiger partial charge in [-0.3, -0.25) is 0 Å². The summed E-state index contributed by atoms with van der Waals surface area (Å²) in [5.74, 6) is -1.38. The van der Waals surface area contributed by atoms with Gasteiger partial charge in [0.2, 0.25) is 0 Å². The average molecular weight is 268 g/mol. The zero-order valence-electron chi connectivity index (χ0n) is 11.1. The van der Waals surface area contributed by atoms with Gasteiger partial charge in [0.15, 0.2) is 11.6 Å². The summed E-state index contributed by atoms with van der Waals surface area (Å²) in [6.45, 7) is 2.68. The number of carbonyl (C=O) groups is 1. The molecule has 1 atom stereocenters. The molecule has 1 aliphatic rings. The first-order valence-corrected chi connectivity index (χ1v) is 6.19. The topological polar surface area (TPSA) is 44.8 Å². The van der Waals surface area contributed by atoms with Crippen LogP contribution in [0.15, 0.2) is 18.2 Å². The van der Waals surface area contributed by atoms with Crippen molar-refractivity contribution < 1.29 is 23.4 Å². The highest BCUT2D eigenvalue weighted by Gasteiger charge is 2.32. The van der Waals surface area contributed by atoms with Gasteiger partial charge in [-0.1, -0.05) is 6.07 Å². The Labute approximate surface area is 111 Å². The summed E-state index contributed by atoms with van der Waals surface area (Å²) in [6, 6.07) is 4.37. The van der Waals surface area contributed by atoms with Crippen LogP contribution in [-0.4, -0.2) is 31.9 Å². The number of halogens is 1. The van der Waals surface area contributed by atoms with Crippen LogP contribution in [0.25, 0.3) is 0 Å². The molecule has 0 aromatic heterocycles. The number of ether oxygens (including phenoxy) is 3. The summed E-state index contributed by atoms with van der Waals surface area (Å²) < 4.78 is 29.3. The molecule has 2 rings (SSSR count). The van der Waals surface area contributed by atoms with E-state index in [1.807, 2.05) is 6.92 Å². The summed E-state index contributed by atoms with van der Waals surface area (Å²) in [5.41, 5.74) is -0.577. The van der Waals surface area contributed by atoms with Crippen LogP contribution >= 0.6 is 0 Å². The van der Waals surface area contributed by atoms with Crippen LogP contribution in [0, 0.1) is 5.82 Å². The van der Waals surface area contributed by atoms with Gasteiger partial charge in [0.25, 0.3) is 0 Å². The second kappa shape index (κ2) is 5.57. The molecule has 5 heteroatoms. The van der Waals surface area contributed by atoms with Crippen molar-refractivity contribution in [3.63, 3.8) is 0 Å². The molecule has 104 valence electrons. The largest absolute Gasteiger partial charge is 0.494 e. The van der Waals surface area contributed by atoms with Gasteiger partial charge in [0.1, 0.15) is 6.61 Å². The molecule has 1 heterocycles. The molecular weight excluding hydrogens is 251 g/mol. The van der Waals surface area contributed by atoms with Crippen molar-refractivity contribution in [2.45, 2.75) is 25.4 Å². The van der Waals surface area contributed by atoms with Crippen molar-refractivity contribution in [3.05, 3.63) is 29.6 Å². The fourth-order valence-electron chi connectivity index (χ4n) is 2.07. The van der Waals surface area contributed by atoms with Crippen molar-refractivity contribution in [2.75, 3.05) is 20.3 Å². The standard InChI is InChI=1S/C14H17FO4/c1-14(7-4-8-19-14)9-18-13(16)10-5-3-6-11(17-2)12(10)15/h3,5-6H,4,7-9H2,1-2H3/t14-/m0/s1. The van der Waals surface area contributed by atoms with Gasteiger partial charge < -0.3 is 14.2 Å². The minimum absolute atomic E-state index is 0.0257. The minimum Gasteiger partial charge on any atom is -0.494 e. The molecule has 0 amide bonds. The number of benzene rings is 1. The molecule has 0 aliphatic carbocycles. The first kappa shape index (κ1) is 13.8. The number of rotatable bonds is 4. The third-order valence-electron chi connectivity index (χ3n) is 3.21. The van der Waals surface area contributed by atoms with Crippen LogP contribution in [-0.2, 0) is 9.47 Å². The van der Waals surface area contributed by atoms with Gasteiger partial charge in [0.05, 0.1) is 18.3 Å². The summed E-state index contributed by atoms with van der Waals surface area (Å²) in [5, 5.41) is 0. The van der Waals surface area contributed by atoms with Crippen molar-refractivity contribution >= 4 is 5.97 Å². The Morgan fingerprint density at radius 3 is 2.95 bits per heavy atom. The quantitative estimate of drug-likeness (QED) is 0.787. The summed E-state index contributed by atoms with van der Waals surface area (Å²) >= 11 is 0. The third-order valence-corrected chi connectivity index (χ3v) is 3.21. The van der Waals surface area contributed by atoms with E-state index >= 15 is 0 Å². The number of hydrogen-bond donors (Lipinski definition) is 0. The van der Waals surface area contributed by atoms with Gasteiger partial charge in [0, 0.05) is 6.61 Å². The predicted molar refractivity (Wildman–Crippen MR) is 66.8 cm³/mol. The number of esters is 1. The zero-order valence-corrected chi connectivity index (χ0v) is 11.1. The summed E-state index contributed by atoms with van der Waals surface area (Å²) in [6.07, 6.45) is 1.78. The smallest absolute Gasteiger partial charge is 0.341 e. The minimum atomic E-state index is -0.701. The molecule has 1 saturated heterocycles. The Kier molecular flexibility index (Phi) is 4.04. The molecule has 1 aromatic carbocycles. The van der Waals surface area contributed by atoms with Crippen molar-refractivity contribution in [1.29, 1.82) is 0 Å². The molecule has 19 heavy (non-hydrogen) atoms. The van der Waals surface area contributed by atoms with Gasteiger partial charge in [-0.15, -0.1) is 0 Å². The number of hydrogen-bond acceptors (Lipinski definition) is 4. The van der Waals surface area contributed by atoms with Crippen LogP contribution in [0.2, 0.25) is 0 Å². The fraction of sp³-hybridized carbons (Fsp3) is 0.500. The Bertz CT molecular complexity index is 467. The van der Waals surface area contributed by atoms with E-state index < -0.39 is 17.4 Å². The highest BCUT2D eigenvalue weighted by molar-refractivity contribution is 5.90. The van der Waals surface area contributed by atoms with E-state index in [1.54, 1.807) is 6.07 Å². The highest BCUT2D eigenvalue weighted by Crippen LogP contribution is 2.26. The van der Waals surface area contributed by atoms with Crippen LogP contribution in [0.1, 0.15) is 30.1 Å². The maximum absolute atomic E-state index is 13.9. The fourth-order valence-corrected chi connectivity index (χ4v) is 2.07. The summed E-state index contributed by atoms with van der Waals surface area (Å²) in [4.78, 5) is 11.9. The lowest BCUT2D eigenvalue weighted by Gasteiger charge is -2.22. The van der Waals surface area contributed by atoms with E-state index in [-0.39, 0.29) is 17.9 Å². The van der Waals surface area contributed by atoms with E-state index in [1.165, 1.54) is 19.2 Å². The Morgan fingerprint density at radius 2 is 2.32 bits per heavy atom. The van der Waals surface area contributed by atoms with E-state index in [2.05, 4.69) is 0 Å². The molecule has 4 nitrogen and oxygen atoms in total. The van der Waals surface area contributed by atoms with Gasteiger partial charge in [-0.05, 0) is 31.9 Å². The van der Waals surface area contributed by atoms with Gasteiger partial charge >= 0.3 is 5.97 Å². The summed E-state index contributed by atoms with van der Waals surface area (Å²) in [7, 11) is 1.35. The van der Waals surface area contributed by atoms with Crippen molar-refractivity contribution in [3.8, 4) is 5.75 Å². The monoisotopic (exact) mass is 268 g/mol. The van der Waals surface area contributed by atoms with E-state index in [4.69, 9.17) is 14.2 Å². The van der Waals surface area contributed by atoms with E-state index in [0.29, 0.717) is 6.61 Å². The first-order chi connectivity index (χ1) is 9.06. The van der Waals surface area contributed by atoms with Gasteiger partial charge in [-0.2, -0.15) is 0 Å². The Balaban J connectivity index is 2.04. The Hall–Kier alpha value is -1.62.